The van der Waals surface area contributed by atoms with Gasteiger partial charge in [-0.05, 0) is 12.1 Å². The van der Waals surface area contributed by atoms with Crippen molar-refractivity contribution in [2.45, 2.75) is 0 Å². The Kier molecular flexibility index (Phi) is 3.09. The van der Waals surface area contributed by atoms with Gasteiger partial charge in [-0.1, -0.05) is 0 Å². The number of hydrogen-bond acceptors (Lipinski definition) is 5. The lowest BCUT2D eigenvalue weighted by atomic mass is 10.1. The van der Waals surface area contributed by atoms with Gasteiger partial charge >= 0.3 is 0 Å². The van der Waals surface area contributed by atoms with E-state index in [9.17, 15) is 0 Å². The van der Waals surface area contributed by atoms with Crippen molar-refractivity contribution in [3.05, 3.63) is 30.6 Å². The van der Waals surface area contributed by atoms with Crippen molar-refractivity contribution in [3.63, 3.8) is 0 Å². The van der Waals surface area contributed by atoms with Gasteiger partial charge in [-0.25, -0.2) is 4.98 Å². The first-order valence-electron chi connectivity index (χ1n) is 5.04. The molecule has 2 rings (SSSR count). The third kappa shape index (κ3) is 2.28. The van der Waals surface area contributed by atoms with Crippen LogP contribution in [0.2, 0.25) is 0 Å². The average Bonchev–Trinajstić information content (AvgIpc) is 2.39. The minimum Gasteiger partial charge on any atom is -0.497 e. The number of benzene rings is 1. The predicted molar refractivity (Wildman–Crippen MR) is 65.0 cm³/mol. The van der Waals surface area contributed by atoms with Crippen LogP contribution in [0.15, 0.2) is 30.6 Å². The van der Waals surface area contributed by atoms with E-state index >= 15 is 0 Å². The quantitative estimate of drug-likeness (QED) is 0.871. The summed E-state index contributed by atoms with van der Waals surface area (Å²) in [5.41, 5.74) is 7.05. The smallest absolute Gasteiger partial charge is 0.141 e. The van der Waals surface area contributed by atoms with E-state index in [1.54, 1.807) is 26.5 Å². The maximum Gasteiger partial charge on any atom is 0.141 e. The fourth-order valence-corrected chi connectivity index (χ4v) is 1.49. The summed E-state index contributed by atoms with van der Waals surface area (Å²) in [4.78, 5) is 8.21. The third-order valence-corrected chi connectivity index (χ3v) is 2.36. The van der Waals surface area contributed by atoms with E-state index in [4.69, 9.17) is 15.2 Å². The molecule has 0 fully saturated rings. The first-order chi connectivity index (χ1) is 8.24. The second-order valence-corrected chi connectivity index (χ2v) is 3.39. The summed E-state index contributed by atoms with van der Waals surface area (Å²) >= 11 is 0. The van der Waals surface area contributed by atoms with Crippen LogP contribution in [-0.4, -0.2) is 24.2 Å². The Morgan fingerprint density at radius 2 is 1.88 bits per heavy atom. The van der Waals surface area contributed by atoms with Crippen LogP contribution < -0.4 is 15.2 Å². The van der Waals surface area contributed by atoms with Crippen molar-refractivity contribution in [1.29, 1.82) is 0 Å². The van der Waals surface area contributed by atoms with E-state index in [0.29, 0.717) is 17.3 Å². The lowest BCUT2D eigenvalue weighted by Gasteiger charge is -2.09. The van der Waals surface area contributed by atoms with Gasteiger partial charge in [0.15, 0.2) is 0 Å². The normalized spacial score (nSPS) is 10.0. The molecule has 0 bridgehead atoms. The van der Waals surface area contributed by atoms with E-state index in [2.05, 4.69) is 9.97 Å². The number of anilines is 1. The van der Waals surface area contributed by atoms with Gasteiger partial charge < -0.3 is 15.2 Å². The van der Waals surface area contributed by atoms with E-state index < -0.39 is 0 Å². The van der Waals surface area contributed by atoms with E-state index in [-0.39, 0.29) is 0 Å². The van der Waals surface area contributed by atoms with Crippen LogP contribution >= 0.6 is 0 Å². The number of nitrogens with zero attached hydrogens (tertiary/aromatic N) is 2. The van der Waals surface area contributed by atoms with E-state index in [1.165, 1.54) is 6.20 Å². The summed E-state index contributed by atoms with van der Waals surface area (Å²) in [6.45, 7) is 0. The van der Waals surface area contributed by atoms with Crippen LogP contribution in [0, 0.1) is 0 Å². The Hall–Kier alpha value is -2.30. The zero-order valence-corrected chi connectivity index (χ0v) is 9.68. The van der Waals surface area contributed by atoms with Crippen LogP contribution in [0.3, 0.4) is 0 Å². The zero-order chi connectivity index (χ0) is 12.3. The standard InChI is InChI=1S/C12H13N3O2/c1-16-8-3-4-9(11(5-8)17-2)10-6-15-12(13)7-14-10/h3-7H,1-2H3,(H2,13,15). The van der Waals surface area contributed by atoms with Gasteiger partial charge in [0.1, 0.15) is 17.3 Å². The first-order valence-corrected chi connectivity index (χ1v) is 5.04. The molecular formula is C12H13N3O2. The monoisotopic (exact) mass is 231 g/mol. The summed E-state index contributed by atoms with van der Waals surface area (Å²) in [7, 11) is 3.21. The molecule has 0 atom stereocenters. The molecule has 0 amide bonds. The fourth-order valence-electron chi connectivity index (χ4n) is 1.49. The first kappa shape index (κ1) is 11.2. The maximum atomic E-state index is 5.50. The largest absolute Gasteiger partial charge is 0.497 e. The van der Waals surface area contributed by atoms with Crippen molar-refractivity contribution in [1.82, 2.24) is 9.97 Å². The van der Waals surface area contributed by atoms with Crippen molar-refractivity contribution in [2.24, 2.45) is 0 Å². The summed E-state index contributed by atoms with van der Waals surface area (Å²) in [5, 5.41) is 0. The second kappa shape index (κ2) is 4.69. The average molecular weight is 231 g/mol. The zero-order valence-electron chi connectivity index (χ0n) is 9.68. The fraction of sp³-hybridized carbons (Fsp3) is 0.167. The minimum absolute atomic E-state index is 0.390. The molecule has 0 unspecified atom stereocenters. The van der Waals surface area contributed by atoms with Gasteiger partial charge in [-0.3, -0.25) is 4.98 Å². The molecular weight excluding hydrogens is 218 g/mol. The molecule has 0 saturated carbocycles. The minimum atomic E-state index is 0.390. The highest BCUT2D eigenvalue weighted by Gasteiger charge is 2.08. The van der Waals surface area contributed by atoms with Crippen LogP contribution in [-0.2, 0) is 0 Å². The molecule has 1 heterocycles. The second-order valence-electron chi connectivity index (χ2n) is 3.39. The lowest BCUT2D eigenvalue weighted by Crippen LogP contribution is -1.95. The number of ether oxygens (including phenoxy) is 2. The van der Waals surface area contributed by atoms with Crippen LogP contribution in [0.5, 0.6) is 11.5 Å². The summed E-state index contributed by atoms with van der Waals surface area (Å²) < 4.78 is 10.4. The number of hydrogen-bond donors (Lipinski definition) is 1. The van der Waals surface area contributed by atoms with E-state index in [0.717, 1.165) is 11.3 Å². The van der Waals surface area contributed by atoms with Crippen LogP contribution in [0.25, 0.3) is 11.3 Å². The van der Waals surface area contributed by atoms with Crippen molar-refractivity contribution in [2.75, 3.05) is 20.0 Å². The molecule has 2 aromatic rings. The summed E-state index contributed by atoms with van der Waals surface area (Å²) in [5.74, 6) is 1.80. The molecule has 0 radical (unpaired) electrons. The molecule has 0 saturated heterocycles. The third-order valence-electron chi connectivity index (χ3n) is 2.36. The highest BCUT2D eigenvalue weighted by Crippen LogP contribution is 2.31. The van der Waals surface area contributed by atoms with Crippen molar-refractivity contribution in [3.8, 4) is 22.8 Å². The molecule has 0 aliphatic rings. The number of nitrogens with two attached hydrogens (primary N) is 1. The Morgan fingerprint density at radius 3 is 2.47 bits per heavy atom. The molecule has 17 heavy (non-hydrogen) atoms. The Bertz CT molecular complexity index is 512. The van der Waals surface area contributed by atoms with Gasteiger partial charge in [-0.2, -0.15) is 0 Å². The van der Waals surface area contributed by atoms with Crippen LogP contribution in [0.4, 0.5) is 5.82 Å². The van der Waals surface area contributed by atoms with Gasteiger partial charge in [0, 0.05) is 11.6 Å². The maximum absolute atomic E-state index is 5.50. The number of nitrogen functional groups attached to an aromatic ring is 1. The Morgan fingerprint density at radius 1 is 1.06 bits per heavy atom. The highest BCUT2D eigenvalue weighted by molar-refractivity contribution is 5.68. The lowest BCUT2D eigenvalue weighted by molar-refractivity contribution is 0.395. The Labute approximate surface area is 99.2 Å². The van der Waals surface area contributed by atoms with Crippen molar-refractivity contribution < 1.29 is 9.47 Å². The molecule has 0 spiro atoms. The number of rotatable bonds is 3. The van der Waals surface area contributed by atoms with E-state index in [1.807, 2.05) is 12.1 Å². The summed E-state index contributed by atoms with van der Waals surface area (Å²) in [6, 6.07) is 5.52. The summed E-state index contributed by atoms with van der Waals surface area (Å²) in [6.07, 6.45) is 3.12. The SMILES string of the molecule is COc1ccc(-c2cnc(N)cn2)c(OC)c1. The molecule has 5 nitrogen and oxygen atoms in total. The van der Waals surface area contributed by atoms with Gasteiger partial charge in [0.05, 0.1) is 32.3 Å². The van der Waals surface area contributed by atoms with Gasteiger partial charge in [-0.15, -0.1) is 0 Å². The molecule has 2 N–H and O–H groups in total. The Balaban J connectivity index is 2.47. The molecule has 1 aromatic carbocycles. The van der Waals surface area contributed by atoms with Crippen LogP contribution in [0.1, 0.15) is 0 Å². The molecule has 1 aromatic heterocycles. The molecule has 88 valence electrons. The highest BCUT2D eigenvalue weighted by atomic mass is 16.5. The molecule has 0 aliphatic carbocycles. The molecule has 5 heteroatoms. The number of methoxy groups -OCH3 is 2. The number of aromatic nitrogens is 2. The predicted octanol–water partition coefficient (Wildman–Crippen LogP) is 1.74. The topological polar surface area (TPSA) is 70.3 Å². The van der Waals surface area contributed by atoms with Gasteiger partial charge in [0.25, 0.3) is 0 Å². The van der Waals surface area contributed by atoms with Gasteiger partial charge in [0.2, 0.25) is 0 Å². The van der Waals surface area contributed by atoms with Crippen molar-refractivity contribution >= 4 is 5.82 Å². The molecule has 0 aliphatic heterocycles.